The number of aryl methyl sites for hydroxylation is 1. The summed E-state index contributed by atoms with van der Waals surface area (Å²) in [6, 6.07) is 7.85. The Balaban J connectivity index is 1.68. The number of H-pyrrole nitrogens is 1. The number of rotatable bonds is 3. The molecule has 0 unspecified atom stereocenters. The predicted octanol–water partition coefficient (Wildman–Crippen LogP) is 3.97. The number of aromatic amines is 1. The van der Waals surface area contributed by atoms with Gasteiger partial charge in [0, 0.05) is 36.5 Å². The van der Waals surface area contributed by atoms with Crippen LogP contribution in [0.25, 0.3) is 0 Å². The lowest BCUT2D eigenvalue weighted by Gasteiger charge is -2.34. The fraction of sp³-hybridized carbons (Fsp3) is 0.526. The van der Waals surface area contributed by atoms with Gasteiger partial charge in [0.05, 0.1) is 0 Å². The Labute approximate surface area is 154 Å². The summed E-state index contributed by atoms with van der Waals surface area (Å²) in [7, 11) is 0. The minimum Gasteiger partial charge on any atom is -0.444 e. The molecule has 2 aromatic heterocycles. The van der Waals surface area contributed by atoms with Gasteiger partial charge in [-0.2, -0.15) is 5.10 Å². The van der Waals surface area contributed by atoms with E-state index in [0.717, 1.165) is 42.4 Å². The van der Waals surface area contributed by atoms with Crippen molar-refractivity contribution in [2.75, 3.05) is 18.4 Å². The van der Waals surface area contributed by atoms with E-state index in [9.17, 15) is 4.79 Å². The zero-order valence-corrected chi connectivity index (χ0v) is 15.9. The molecule has 1 amide bonds. The molecule has 1 fully saturated rings. The zero-order valence-electron chi connectivity index (χ0n) is 15.9. The molecule has 2 aromatic rings. The molecular weight excluding hydrogens is 330 g/mol. The summed E-state index contributed by atoms with van der Waals surface area (Å²) < 4.78 is 5.51. The van der Waals surface area contributed by atoms with Crippen molar-refractivity contribution in [2.45, 2.75) is 52.1 Å². The van der Waals surface area contributed by atoms with Crippen molar-refractivity contribution in [3.05, 3.63) is 35.7 Å². The number of piperidine rings is 1. The molecule has 0 aliphatic carbocycles. The van der Waals surface area contributed by atoms with E-state index in [2.05, 4.69) is 15.5 Å². The number of nitrogens with zero attached hydrogens (tertiary/aromatic N) is 3. The quantitative estimate of drug-likeness (QED) is 0.868. The van der Waals surface area contributed by atoms with Gasteiger partial charge < -0.3 is 15.0 Å². The van der Waals surface area contributed by atoms with Crippen molar-refractivity contribution in [3.8, 4) is 0 Å². The van der Waals surface area contributed by atoms with Gasteiger partial charge in [-0.25, -0.2) is 9.78 Å². The van der Waals surface area contributed by atoms with Gasteiger partial charge in [-0.1, -0.05) is 6.07 Å². The van der Waals surface area contributed by atoms with E-state index in [1.165, 1.54) is 0 Å². The van der Waals surface area contributed by atoms with Crippen molar-refractivity contribution in [1.82, 2.24) is 20.1 Å². The van der Waals surface area contributed by atoms with Crippen molar-refractivity contribution in [3.63, 3.8) is 0 Å². The SMILES string of the molecule is Cc1cc(Nc2cccc([C@H]3CCCN(C(=O)OC(C)(C)C)C3)n2)n[nH]1. The van der Waals surface area contributed by atoms with Crippen molar-refractivity contribution in [2.24, 2.45) is 0 Å². The van der Waals surface area contributed by atoms with Crippen LogP contribution >= 0.6 is 0 Å². The lowest BCUT2D eigenvalue weighted by Crippen LogP contribution is -2.42. The van der Waals surface area contributed by atoms with Crippen LogP contribution in [0, 0.1) is 6.92 Å². The summed E-state index contributed by atoms with van der Waals surface area (Å²) in [5.74, 6) is 1.70. The van der Waals surface area contributed by atoms with Crippen LogP contribution in [0.1, 0.15) is 50.9 Å². The van der Waals surface area contributed by atoms with Crippen LogP contribution in [0.15, 0.2) is 24.3 Å². The maximum Gasteiger partial charge on any atom is 0.410 e. The van der Waals surface area contributed by atoms with Crippen LogP contribution in [-0.2, 0) is 4.74 Å². The molecule has 1 saturated heterocycles. The fourth-order valence-corrected chi connectivity index (χ4v) is 3.07. The van der Waals surface area contributed by atoms with Gasteiger partial charge in [0.2, 0.25) is 0 Å². The molecule has 2 N–H and O–H groups in total. The van der Waals surface area contributed by atoms with Crippen LogP contribution in [0.2, 0.25) is 0 Å². The summed E-state index contributed by atoms with van der Waals surface area (Å²) in [4.78, 5) is 18.9. The Morgan fingerprint density at radius 2 is 2.15 bits per heavy atom. The van der Waals surface area contributed by atoms with Gasteiger partial charge in [0.15, 0.2) is 5.82 Å². The van der Waals surface area contributed by atoms with Gasteiger partial charge >= 0.3 is 6.09 Å². The first-order valence-electron chi connectivity index (χ1n) is 9.04. The number of hydrogen-bond acceptors (Lipinski definition) is 5. The van der Waals surface area contributed by atoms with Crippen molar-refractivity contribution in [1.29, 1.82) is 0 Å². The first-order chi connectivity index (χ1) is 12.3. The third-order valence-electron chi connectivity index (χ3n) is 4.22. The number of hydrogen-bond donors (Lipinski definition) is 2. The molecule has 7 heteroatoms. The van der Waals surface area contributed by atoms with Gasteiger partial charge in [-0.3, -0.25) is 5.10 Å². The fourth-order valence-electron chi connectivity index (χ4n) is 3.07. The number of amides is 1. The topological polar surface area (TPSA) is 83.1 Å². The summed E-state index contributed by atoms with van der Waals surface area (Å²) in [5.41, 5.74) is 1.49. The normalized spacial score (nSPS) is 17.8. The van der Waals surface area contributed by atoms with Crippen LogP contribution in [0.3, 0.4) is 0 Å². The Hall–Kier alpha value is -2.57. The van der Waals surface area contributed by atoms with Crippen LogP contribution in [-0.4, -0.2) is 44.9 Å². The lowest BCUT2D eigenvalue weighted by molar-refractivity contribution is 0.0197. The van der Waals surface area contributed by atoms with E-state index in [-0.39, 0.29) is 12.0 Å². The number of likely N-dealkylation sites (tertiary alicyclic amines) is 1. The van der Waals surface area contributed by atoms with Crippen LogP contribution < -0.4 is 5.32 Å². The van der Waals surface area contributed by atoms with E-state index in [4.69, 9.17) is 9.72 Å². The van der Waals surface area contributed by atoms with E-state index in [0.29, 0.717) is 6.54 Å². The Kier molecular flexibility index (Phi) is 5.15. The highest BCUT2D eigenvalue weighted by Gasteiger charge is 2.29. The van der Waals surface area contributed by atoms with Crippen molar-refractivity contribution < 1.29 is 9.53 Å². The number of nitrogens with one attached hydrogen (secondary N) is 2. The highest BCUT2D eigenvalue weighted by Crippen LogP contribution is 2.28. The number of ether oxygens (including phenoxy) is 1. The molecule has 7 nitrogen and oxygen atoms in total. The summed E-state index contributed by atoms with van der Waals surface area (Å²) in [5, 5.41) is 10.3. The van der Waals surface area contributed by atoms with E-state index < -0.39 is 5.60 Å². The Morgan fingerprint density at radius 3 is 2.85 bits per heavy atom. The highest BCUT2D eigenvalue weighted by atomic mass is 16.6. The first kappa shape index (κ1) is 18.2. The predicted molar refractivity (Wildman–Crippen MR) is 101 cm³/mol. The molecule has 0 radical (unpaired) electrons. The summed E-state index contributed by atoms with van der Waals surface area (Å²) >= 11 is 0. The van der Waals surface area contributed by atoms with E-state index >= 15 is 0 Å². The van der Waals surface area contributed by atoms with Gasteiger partial charge in [-0.15, -0.1) is 0 Å². The molecule has 0 bridgehead atoms. The second-order valence-corrected chi connectivity index (χ2v) is 7.77. The minimum absolute atomic E-state index is 0.207. The second-order valence-electron chi connectivity index (χ2n) is 7.77. The largest absolute Gasteiger partial charge is 0.444 e. The van der Waals surface area contributed by atoms with Gasteiger partial charge in [-0.05, 0) is 52.7 Å². The van der Waals surface area contributed by atoms with Gasteiger partial charge in [0.1, 0.15) is 11.4 Å². The molecule has 140 valence electrons. The molecule has 3 rings (SSSR count). The van der Waals surface area contributed by atoms with Gasteiger partial charge in [0.25, 0.3) is 0 Å². The van der Waals surface area contributed by atoms with E-state index in [1.807, 2.05) is 52.0 Å². The second kappa shape index (κ2) is 7.35. The molecule has 3 heterocycles. The molecule has 1 atom stereocenters. The average Bonchev–Trinajstić information content (AvgIpc) is 2.98. The number of carbonyl (C=O) groups is 1. The Bertz CT molecular complexity index is 765. The standard InChI is InChI=1S/C19H27N5O2/c1-13-11-17(23-22-13)21-16-9-5-8-15(20-16)14-7-6-10-24(12-14)18(25)26-19(2,3)4/h5,8-9,11,14H,6-7,10,12H2,1-4H3,(H2,20,21,22,23)/t14-/m0/s1. The molecule has 0 saturated carbocycles. The molecule has 0 spiro atoms. The van der Waals surface area contributed by atoms with E-state index in [1.54, 1.807) is 4.90 Å². The number of carbonyl (C=O) groups excluding carboxylic acids is 1. The monoisotopic (exact) mass is 357 g/mol. The molecule has 1 aliphatic heterocycles. The van der Waals surface area contributed by atoms with Crippen LogP contribution in [0.4, 0.5) is 16.4 Å². The minimum atomic E-state index is -0.478. The van der Waals surface area contributed by atoms with Crippen molar-refractivity contribution >= 4 is 17.7 Å². The number of anilines is 2. The molecular formula is C19H27N5O2. The molecule has 0 aromatic carbocycles. The maximum absolute atomic E-state index is 12.4. The average molecular weight is 357 g/mol. The first-order valence-corrected chi connectivity index (χ1v) is 9.04. The number of aromatic nitrogens is 3. The van der Waals surface area contributed by atoms with Crippen LogP contribution in [0.5, 0.6) is 0 Å². The third kappa shape index (κ3) is 4.74. The molecule has 26 heavy (non-hydrogen) atoms. The maximum atomic E-state index is 12.4. The Morgan fingerprint density at radius 1 is 1.35 bits per heavy atom. The lowest BCUT2D eigenvalue weighted by atomic mass is 9.94. The summed E-state index contributed by atoms with van der Waals surface area (Å²) in [6.07, 6.45) is 1.71. The highest BCUT2D eigenvalue weighted by molar-refractivity contribution is 5.68. The third-order valence-corrected chi connectivity index (χ3v) is 4.22. The molecule has 1 aliphatic rings. The summed E-state index contributed by atoms with van der Waals surface area (Å²) in [6.45, 7) is 8.98. The zero-order chi connectivity index (χ0) is 18.7. The number of pyridine rings is 1. The smallest absolute Gasteiger partial charge is 0.410 e.